The number of hydrogen-bond donors (Lipinski definition) is 1. The Kier molecular flexibility index (Phi) is 6.58. The molecule has 126 valence electrons. The van der Waals surface area contributed by atoms with Gasteiger partial charge in [-0.1, -0.05) is 36.4 Å². The zero-order chi connectivity index (χ0) is 17.4. The maximum Gasteiger partial charge on any atom is 0.330 e. The summed E-state index contributed by atoms with van der Waals surface area (Å²) in [6.07, 6.45) is 3.03. The Morgan fingerprint density at radius 1 is 1.17 bits per heavy atom. The molecule has 1 unspecified atom stereocenters. The molecule has 1 atom stereocenters. The van der Waals surface area contributed by atoms with Gasteiger partial charge < -0.3 is 14.6 Å². The van der Waals surface area contributed by atoms with Gasteiger partial charge in [0.2, 0.25) is 0 Å². The van der Waals surface area contributed by atoms with Gasteiger partial charge in [-0.15, -0.1) is 0 Å². The number of aromatic hydroxyl groups is 1. The van der Waals surface area contributed by atoms with Crippen molar-refractivity contribution in [2.24, 2.45) is 0 Å². The maximum atomic E-state index is 11.8. The first kappa shape index (κ1) is 17.8. The molecule has 0 saturated carbocycles. The first-order valence-electron chi connectivity index (χ1n) is 7.95. The van der Waals surface area contributed by atoms with Crippen molar-refractivity contribution in [1.29, 1.82) is 0 Å². The molecule has 0 fully saturated rings. The van der Waals surface area contributed by atoms with Crippen molar-refractivity contribution in [3.05, 3.63) is 60.2 Å². The summed E-state index contributed by atoms with van der Waals surface area (Å²) in [6.45, 7) is 4.59. The Labute approximate surface area is 142 Å². The Morgan fingerprint density at radius 2 is 1.88 bits per heavy atom. The molecule has 0 aromatic heterocycles. The fourth-order valence-corrected chi connectivity index (χ4v) is 2.28. The van der Waals surface area contributed by atoms with Crippen LogP contribution in [0.15, 0.2) is 54.6 Å². The molecule has 0 saturated heterocycles. The second-order valence-electron chi connectivity index (χ2n) is 5.36. The minimum absolute atomic E-state index is 0.114. The summed E-state index contributed by atoms with van der Waals surface area (Å²) in [5.74, 6) is -0.180. The highest BCUT2D eigenvalue weighted by Crippen LogP contribution is 2.26. The second-order valence-corrected chi connectivity index (χ2v) is 5.36. The first-order valence-corrected chi connectivity index (χ1v) is 7.95. The summed E-state index contributed by atoms with van der Waals surface area (Å²) in [6, 6.07) is 14.7. The van der Waals surface area contributed by atoms with Gasteiger partial charge in [0.05, 0.1) is 6.10 Å². The van der Waals surface area contributed by atoms with E-state index in [4.69, 9.17) is 9.47 Å². The zero-order valence-corrected chi connectivity index (χ0v) is 13.9. The molecule has 4 nitrogen and oxygen atoms in total. The lowest BCUT2D eigenvalue weighted by Gasteiger charge is -2.10. The molecule has 2 rings (SSSR count). The highest BCUT2D eigenvalue weighted by atomic mass is 16.6. The average Bonchev–Trinajstić information content (AvgIpc) is 2.59. The van der Waals surface area contributed by atoms with Gasteiger partial charge in [-0.3, -0.25) is 0 Å². The quantitative estimate of drug-likeness (QED) is 0.616. The number of carbonyl (C=O) groups is 1. The summed E-state index contributed by atoms with van der Waals surface area (Å²) in [7, 11) is 0. The number of phenolic OH excluding ortho intramolecular Hbond substituents is 1. The van der Waals surface area contributed by atoms with Crippen LogP contribution >= 0.6 is 0 Å². The van der Waals surface area contributed by atoms with Crippen LogP contribution < -0.4 is 0 Å². The van der Waals surface area contributed by atoms with Crippen LogP contribution in [-0.4, -0.2) is 30.4 Å². The van der Waals surface area contributed by atoms with Crippen molar-refractivity contribution in [1.82, 2.24) is 0 Å². The fourth-order valence-electron chi connectivity index (χ4n) is 2.28. The minimum atomic E-state index is -0.401. The summed E-state index contributed by atoms with van der Waals surface area (Å²) < 4.78 is 10.5. The second kappa shape index (κ2) is 8.89. The third-order valence-electron chi connectivity index (χ3n) is 3.45. The summed E-state index contributed by atoms with van der Waals surface area (Å²) >= 11 is 0. The Bertz CT molecular complexity index is 689. The number of esters is 1. The molecule has 0 spiro atoms. The maximum absolute atomic E-state index is 11.8. The van der Waals surface area contributed by atoms with Gasteiger partial charge in [-0.2, -0.15) is 0 Å². The first-order chi connectivity index (χ1) is 11.6. The van der Waals surface area contributed by atoms with Crippen molar-refractivity contribution >= 4 is 12.0 Å². The molecule has 0 heterocycles. The number of phenols is 1. The minimum Gasteiger partial charge on any atom is -0.508 e. The van der Waals surface area contributed by atoms with Crippen LogP contribution in [0, 0.1) is 0 Å². The van der Waals surface area contributed by atoms with Gasteiger partial charge in [0.25, 0.3) is 0 Å². The molecule has 0 amide bonds. The molecule has 0 aliphatic rings. The molecule has 0 bridgehead atoms. The molecular formula is C20H22O4. The van der Waals surface area contributed by atoms with Crippen molar-refractivity contribution in [3.63, 3.8) is 0 Å². The number of rotatable bonds is 7. The highest BCUT2D eigenvalue weighted by Gasteiger charge is 2.06. The van der Waals surface area contributed by atoms with Gasteiger partial charge in [-0.05, 0) is 48.7 Å². The monoisotopic (exact) mass is 326 g/mol. The predicted molar refractivity (Wildman–Crippen MR) is 94.6 cm³/mol. The molecule has 0 aliphatic heterocycles. The van der Waals surface area contributed by atoms with E-state index in [2.05, 4.69) is 0 Å². The molecule has 1 N–H and O–H groups in total. The van der Waals surface area contributed by atoms with Crippen molar-refractivity contribution in [2.45, 2.75) is 20.0 Å². The van der Waals surface area contributed by atoms with Gasteiger partial charge in [0.15, 0.2) is 0 Å². The lowest BCUT2D eigenvalue weighted by atomic mass is 9.99. The van der Waals surface area contributed by atoms with Crippen molar-refractivity contribution in [2.75, 3.05) is 13.2 Å². The van der Waals surface area contributed by atoms with Crippen molar-refractivity contribution in [3.8, 4) is 16.9 Å². The Morgan fingerprint density at radius 3 is 2.58 bits per heavy atom. The van der Waals surface area contributed by atoms with Crippen LogP contribution in [0.2, 0.25) is 0 Å². The normalized spacial score (nSPS) is 12.2. The molecular weight excluding hydrogens is 304 g/mol. The van der Waals surface area contributed by atoms with Crippen LogP contribution in [0.25, 0.3) is 17.2 Å². The lowest BCUT2D eigenvalue weighted by molar-refractivity contribution is -0.141. The van der Waals surface area contributed by atoms with E-state index in [-0.39, 0.29) is 18.5 Å². The molecule has 0 radical (unpaired) electrons. The number of benzene rings is 2. The van der Waals surface area contributed by atoms with E-state index in [0.717, 1.165) is 16.7 Å². The number of carbonyl (C=O) groups excluding carboxylic acids is 1. The predicted octanol–water partition coefficient (Wildman–Crippen LogP) is 4.04. The van der Waals surface area contributed by atoms with Crippen LogP contribution in [0.5, 0.6) is 5.75 Å². The SMILES string of the molecule is CCOC(C)COC(=O)C=Cc1ccccc1-c1ccc(O)cc1. The summed E-state index contributed by atoms with van der Waals surface area (Å²) in [4.78, 5) is 11.8. The standard InChI is InChI=1S/C20H22O4/c1-3-23-15(2)14-24-20(22)13-10-16-6-4-5-7-19(16)17-8-11-18(21)12-9-17/h4-13,15,21H,3,14H2,1-2H3. The van der Waals surface area contributed by atoms with Gasteiger partial charge in [0.1, 0.15) is 12.4 Å². The van der Waals surface area contributed by atoms with E-state index in [1.807, 2.05) is 50.2 Å². The van der Waals surface area contributed by atoms with Gasteiger partial charge >= 0.3 is 5.97 Å². The third-order valence-corrected chi connectivity index (χ3v) is 3.45. The Hall–Kier alpha value is -2.59. The smallest absolute Gasteiger partial charge is 0.330 e. The third kappa shape index (κ3) is 5.25. The molecule has 24 heavy (non-hydrogen) atoms. The zero-order valence-electron chi connectivity index (χ0n) is 13.9. The summed E-state index contributed by atoms with van der Waals surface area (Å²) in [5, 5.41) is 9.41. The highest BCUT2D eigenvalue weighted by molar-refractivity contribution is 5.89. The van der Waals surface area contributed by atoms with Crippen molar-refractivity contribution < 1.29 is 19.4 Å². The van der Waals surface area contributed by atoms with Crippen LogP contribution in [0.1, 0.15) is 19.4 Å². The summed E-state index contributed by atoms with van der Waals surface area (Å²) in [5.41, 5.74) is 2.84. The number of hydrogen-bond acceptors (Lipinski definition) is 4. The average molecular weight is 326 g/mol. The molecule has 2 aromatic carbocycles. The van der Waals surface area contributed by atoms with Crippen LogP contribution in [0.3, 0.4) is 0 Å². The van der Waals surface area contributed by atoms with Gasteiger partial charge in [-0.25, -0.2) is 4.79 Å². The van der Waals surface area contributed by atoms with E-state index in [0.29, 0.717) is 6.61 Å². The molecule has 0 aliphatic carbocycles. The fraction of sp³-hybridized carbons (Fsp3) is 0.250. The van der Waals surface area contributed by atoms with E-state index >= 15 is 0 Å². The van der Waals surface area contributed by atoms with E-state index in [9.17, 15) is 9.90 Å². The van der Waals surface area contributed by atoms with E-state index in [1.54, 1.807) is 18.2 Å². The van der Waals surface area contributed by atoms with Crippen LogP contribution in [-0.2, 0) is 14.3 Å². The number of ether oxygens (including phenoxy) is 2. The van der Waals surface area contributed by atoms with E-state index < -0.39 is 5.97 Å². The van der Waals surface area contributed by atoms with E-state index in [1.165, 1.54) is 6.08 Å². The molecule has 2 aromatic rings. The Balaban J connectivity index is 2.07. The van der Waals surface area contributed by atoms with Crippen LogP contribution in [0.4, 0.5) is 0 Å². The lowest BCUT2D eigenvalue weighted by Crippen LogP contribution is -2.17. The molecule has 4 heteroatoms. The van der Waals surface area contributed by atoms with Gasteiger partial charge in [0, 0.05) is 12.7 Å². The largest absolute Gasteiger partial charge is 0.508 e. The topological polar surface area (TPSA) is 55.8 Å².